The first-order valence-electron chi connectivity index (χ1n) is 5.57. The third kappa shape index (κ3) is 4.32. The molecule has 0 heterocycles. The number of carboxylic acids is 1. The lowest BCUT2D eigenvalue weighted by atomic mass is 10.1. The molecule has 0 saturated heterocycles. The summed E-state index contributed by atoms with van der Waals surface area (Å²) in [5, 5.41) is 20.5. The Morgan fingerprint density at radius 1 is 1.33 bits per heavy atom. The molecule has 21 heavy (non-hydrogen) atoms. The summed E-state index contributed by atoms with van der Waals surface area (Å²) < 4.78 is 16.6. The Morgan fingerprint density at radius 3 is 2.48 bits per heavy atom. The highest BCUT2D eigenvalue weighted by molar-refractivity contribution is 9.11. The maximum absolute atomic E-state index is 10.9. The van der Waals surface area contributed by atoms with E-state index in [9.17, 15) is 4.79 Å². The van der Waals surface area contributed by atoms with E-state index in [1.165, 1.54) is 14.2 Å². The number of methoxy groups -OCH3 is 2. The van der Waals surface area contributed by atoms with Gasteiger partial charge in [-0.05, 0) is 37.9 Å². The van der Waals surface area contributed by atoms with Crippen LogP contribution in [0.2, 0.25) is 0 Å². The van der Waals surface area contributed by atoms with E-state index in [0.717, 1.165) is 0 Å². The van der Waals surface area contributed by atoms with Gasteiger partial charge < -0.3 is 24.5 Å². The van der Waals surface area contributed by atoms with Gasteiger partial charge in [-0.15, -0.1) is 0 Å². The Balaban J connectivity index is 3.31. The topological polar surface area (TPSA) is 97.6 Å². The highest BCUT2D eigenvalue weighted by Crippen LogP contribution is 2.43. The van der Waals surface area contributed by atoms with Crippen molar-refractivity contribution in [2.45, 2.75) is 6.42 Å². The van der Waals surface area contributed by atoms with Crippen molar-refractivity contribution in [1.29, 1.82) is 0 Å². The summed E-state index contributed by atoms with van der Waals surface area (Å²) in [7, 11) is 2.95. The second kappa shape index (κ2) is 8.20. The molecule has 0 atom stereocenters. The molecule has 2 N–H and O–H groups in total. The molecule has 0 radical (unpaired) electrons. The first-order chi connectivity index (χ1) is 9.96. The number of hydrogen-bond acceptors (Lipinski definition) is 6. The molecule has 0 fully saturated rings. The molecule has 0 aliphatic rings. The minimum atomic E-state index is -1.32. The van der Waals surface area contributed by atoms with Crippen molar-refractivity contribution in [2.24, 2.45) is 5.16 Å². The third-order valence-electron chi connectivity index (χ3n) is 2.46. The second-order valence-corrected chi connectivity index (χ2v) is 5.42. The zero-order valence-electron chi connectivity index (χ0n) is 11.2. The molecule has 0 bridgehead atoms. The van der Waals surface area contributed by atoms with Gasteiger partial charge in [0.25, 0.3) is 0 Å². The van der Waals surface area contributed by atoms with E-state index >= 15 is 0 Å². The fraction of sp³-hybridized carbons (Fsp3) is 0.333. The van der Waals surface area contributed by atoms with Crippen LogP contribution >= 0.6 is 31.9 Å². The summed E-state index contributed by atoms with van der Waals surface area (Å²) >= 11 is 6.65. The largest absolute Gasteiger partial charge is 0.494 e. The predicted molar refractivity (Wildman–Crippen MR) is 81.5 cm³/mol. The molecule has 7 nitrogen and oxygen atoms in total. The van der Waals surface area contributed by atoms with Gasteiger partial charge in [0, 0.05) is 19.1 Å². The Labute approximate surface area is 137 Å². The number of hydrogen-bond donors (Lipinski definition) is 2. The van der Waals surface area contributed by atoms with Crippen LogP contribution in [0.5, 0.6) is 11.5 Å². The average molecular weight is 427 g/mol. The Kier molecular flexibility index (Phi) is 6.93. The number of ether oxygens (including phenoxy) is 3. The van der Waals surface area contributed by atoms with Gasteiger partial charge in [0.05, 0.1) is 11.6 Å². The van der Waals surface area contributed by atoms with E-state index in [-0.39, 0.29) is 13.2 Å². The van der Waals surface area contributed by atoms with Crippen LogP contribution in [-0.2, 0) is 16.0 Å². The first kappa shape index (κ1) is 17.7. The molecular weight excluding hydrogens is 414 g/mol. The lowest BCUT2D eigenvalue weighted by Crippen LogP contribution is -2.17. The molecule has 1 rings (SSSR count). The number of aliphatic carboxylic acids is 1. The Bertz CT molecular complexity index is 561. The number of benzene rings is 1. The Morgan fingerprint density at radius 2 is 2.00 bits per heavy atom. The summed E-state index contributed by atoms with van der Waals surface area (Å²) in [5.41, 5.74) is 0.0723. The number of carboxylic acid groups (broad SMARTS) is 1. The van der Waals surface area contributed by atoms with Crippen molar-refractivity contribution in [3.05, 3.63) is 20.6 Å². The van der Waals surface area contributed by atoms with Gasteiger partial charge in [0.2, 0.25) is 0 Å². The molecule has 0 saturated carbocycles. The molecule has 0 spiro atoms. The zero-order chi connectivity index (χ0) is 16.0. The monoisotopic (exact) mass is 425 g/mol. The van der Waals surface area contributed by atoms with Gasteiger partial charge in [-0.2, -0.15) is 0 Å². The van der Waals surface area contributed by atoms with E-state index in [0.29, 0.717) is 26.0 Å². The average Bonchev–Trinajstić information content (AvgIpc) is 2.44. The molecule has 0 unspecified atom stereocenters. The lowest BCUT2D eigenvalue weighted by molar-refractivity contribution is -0.129. The van der Waals surface area contributed by atoms with Crippen molar-refractivity contribution in [1.82, 2.24) is 0 Å². The van der Waals surface area contributed by atoms with Gasteiger partial charge in [-0.3, -0.25) is 0 Å². The minimum absolute atomic E-state index is 0.0327. The molecular formula is C12H13Br2NO6. The van der Waals surface area contributed by atoms with E-state index in [2.05, 4.69) is 37.0 Å². The minimum Gasteiger partial charge on any atom is -0.494 e. The summed E-state index contributed by atoms with van der Waals surface area (Å²) in [5.74, 6) is -0.486. The molecule has 1 aromatic rings. The van der Waals surface area contributed by atoms with Gasteiger partial charge >= 0.3 is 5.97 Å². The quantitative estimate of drug-likeness (QED) is 0.301. The molecule has 0 amide bonds. The summed E-state index contributed by atoms with van der Waals surface area (Å²) in [6, 6.07) is 1.63. The van der Waals surface area contributed by atoms with E-state index < -0.39 is 11.7 Å². The van der Waals surface area contributed by atoms with E-state index in [4.69, 9.17) is 24.5 Å². The predicted octanol–water partition coefficient (Wildman–Crippen LogP) is 2.66. The molecule has 116 valence electrons. The van der Waals surface area contributed by atoms with Crippen LogP contribution in [0.25, 0.3) is 0 Å². The maximum Gasteiger partial charge on any atom is 0.354 e. The van der Waals surface area contributed by atoms with Crippen molar-refractivity contribution in [3.63, 3.8) is 0 Å². The fourth-order valence-corrected chi connectivity index (χ4v) is 3.21. The number of oxime groups is 1. The van der Waals surface area contributed by atoms with Gasteiger partial charge in [0.15, 0.2) is 18.3 Å². The SMILES string of the molecule is COCOc1c(C/C(=N\O)C(=O)O)cc(Br)c(OC)c1Br. The van der Waals surface area contributed by atoms with Crippen molar-refractivity contribution in [2.75, 3.05) is 21.0 Å². The summed E-state index contributed by atoms with van der Waals surface area (Å²) in [6.45, 7) is -0.0327. The van der Waals surface area contributed by atoms with Crippen LogP contribution in [0.3, 0.4) is 0 Å². The first-order valence-corrected chi connectivity index (χ1v) is 7.15. The van der Waals surface area contributed by atoms with Crippen molar-refractivity contribution in [3.8, 4) is 11.5 Å². The normalized spacial score (nSPS) is 11.3. The van der Waals surface area contributed by atoms with Crippen LogP contribution in [0.4, 0.5) is 0 Å². The van der Waals surface area contributed by atoms with E-state index in [1.807, 2.05) is 0 Å². The molecule has 9 heteroatoms. The van der Waals surface area contributed by atoms with Crippen molar-refractivity contribution >= 4 is 43.5 Å². The maximum atomic E-state index is 10.9. The van der Waals surface area contributed by atoms with Crippen LogP contribution in [-0.4, -0.2) is 43.0 Å². The van der Waals surface area contributed by atoms with Crippen LogP contribution in [0.15, 0.2) is 20.2 Å². The van der Waals surface area contributed by atoms with Crippen LogP contribution in [0, 0.1) is 0 Å². The highest BCUT2D eigenvalue weighted by Gasteiger charge is 2.21. The van der Waals surface area contributed by atoms with Crippen LogP contribution in [0.1, 0.15) is 5.56 Å². The van der Waals surface area contributed by atoms with Crippen LogP contribution < -0.4 is 9.47 Å². The number of carbonyl (C=O) groups is 1. The van der Waals surface area contributed by atoms with Gasteiger partial charge in [0.1, 0.15) is 10.2 Å². The van der Waals surface area contributed by atoms with Gasteiger partial charge in [-0.25, -0.2) is 4.79 Å². The molecule has 0 aromatic heterocycles. The number of nitrogens with zero attached hydrogens (tertiary/aromatic N) is 1. The third-order valence-corrected chi connectivity index (χ3v) is 3.77. The van der Waals surface area contributed by atoms with Gasteiger partial charge in [-0.1, -0.05) is 5.16 Å². The molecule has 0 aliphatic carbocycles. The molecule has 1 aromatic carbocycles. The zero-order valence-corrected chi connectivity index (χ0v) is 14.4. The Hall–Kier alpha value is -1.32. The summed E-state index contributed by atoms with van der Waals surface area (Å²) in [4.78, 5) is 10.9. The van der Waals surface area contributed by atoms with Crippen molar-refractivity contribution < 1.29 is 29.3 Å². The number of rotatable bonds is 7. The smallest absolute Gasteiger partial charge is 0.354 e. The summed E-state index contributed by atoms with van der Waals surface area (Å²) in [6.07, 6.45) is -0.133. The number of halogens is 2. The fourth-order valence-electron chi connectivity index (χ4n) is 1.56. The second-order valence-electron chi connectivity index (χ2n) is 3.77. The van der Waals surface area contributed by atoms with E-state index in [1.54, 1.807) is 6.07 Å². The lowest BCUT2D eigenvalue weighted by Gasteiger charge is -2.16. The molecule has 0 aliphatic heterocycles. The highest BCUT2D eigenvalue weighted by atomic mass is 79.9. The standard InChI is InChI=1S/C12H13Br2NO6/c1-19-5-21-10-6(4-8(15-18)12(16)17)3-7(13)11(20-2)9(10)14/h3,18H,4-5H2,1-2H3,(H,16,17)/b15-8+.